The van der Waals surface area contributed by atoms with Gasteiger partial charge >= 0.3 is 11.7 Å². The predicted octanol–water partition coefficient (Wildman–Crippen LogP) is 2.25. The first-order chi connectivity index (χ1) is 12.5. The van der Waals surface area contributed by atoms with Crippen molar-refractivity contribution in [3.8, 4) is 0 Å². The number of nitrogens with zero attached hydrogens (tertiary/aromatic N) is 2. The average Bonchev–Trinajstić information content (AvgIpc) is 2.92. The van der Waals surface area contributed by atoms with Crippen molar-refractivity contribution in [2.24, 2.45) is 0 Å². The molecule has 0 aliphatic heterocycles. The van der Waals surface area contributed by atoms with Crippen molar-refractivity contribution in [3.63, 3.8) is 0 Å². The number of imidazole rings is 1. The van der Waals surface area contributed by atoms with Gasteiger partial charge in [0.25, 0.3) is 0 Å². The zero-order valence-electron chi connectivity index (χ0n) is 14.6. The van der Waals surface area contributed by atoms with E-state index in [0.29, 0.717) is 23.3 Å². The SMILES string of the molecule is CCn1c(=O)n(CC(=O)Nc2cccc(C(=O)OC)c2)c2ccccc21. The van der Waals surface area contributed by atoms with Gasteiger partial charge in [-0.3, -0.25) is 13.9 Å². The van der Waals surface area contributed by atoms with E-state index in [1.54, 1.807) is 22.8 Å². The van der Waals surface area contributed by atoms with Gasteiger partial charge in [-0.05, 0) is 37.3 Å². The van der Waals surface area contributed by atoms with Gasteiger partial charge < -0.3 is 10.1 Å². The summed E-state index contributed by atoms with van der Waals surface area (Å²) in [5.74, 6) is -0.837. The van der Waals surface area contributed by atoms with E-state index in [9.17, 15) is 14.4 Å². The lowest BCUT2D eigenvalue weighted by molar-refractivity contribution is -0.116. The number of amides is 1. The van der Waals surface area contributed by atoms with E-state index in [-0.39, 0.29) is 18.1 Å². The topological polar surface area (TPSA) is 82.3 Å². The molecule has 0 saturated carbocycles. The van der Waals surface area contributed by atoms with Crippen LogP contribution in [0.5, 0.6) is 0 Å². The number of benzene rings is 2. The fraction of sp³-hybridized carbons (Fsp3) is 0.211. The second kappa shape index (κ2) is 7.26. The minimum absolute atomic E-state index is 0.116. The zero-order chi connectivity index (χ0) is 18.7. The molecule has 3 rings (SSSR count). The standard InChI is InChI=1S/C19H19N3O4/c1-3-21-15-9-4-5-10-16(15)22(19(21)25)12-17(23)20-14-8-6-7-13(11-14)18(24)26-2/h4-11H,3,12H2,1-2H3,(H,20,23). The summed E-state index contributed by atoms with van der Waals surface area (Å²) >= 11 is 0. The first-order valence-electron chi connectivity index (χ1n) is 8.21. The molecule has 0 saturated heterocycles. The average molecular weight is 353 g/mol. The van der Waals surface area contributed by atoms with E-state index in [1.807, 2.05) is 31.2 Å². The molecule has 2 aromatic carbocycles. The molecule has 26 heavy (non-hydrogen) atoms. The van der Waals surface area contributed by atoms with Gasteiger partial charge in [0, 0.05) is 12.2 Å². The van der Waals surface area contributed by atoms with Gasteiger partial charge in [0.2, 0.25) is 5.91 Å². The Hall–Kier alpha value is -3.35. The molecule has 1 N–H and O–H groups in total. The summed E-state index contributed by atoms with van der Waals surface area (Å²) in [4.78, 5) is 36.6. The van der Waals surface area contributed by atoms with Crippen LogP contribution in [0.2, 0.25) is 0 Å². The molecule has 1 aromatic heterocycles. The number of aromatic nitrogens is 2. The first-order valence-corrected chi connectivity index (χ1v) is 8.21. The number of aryl methyl sites for hydroxylation is 1. The lowest BCUT2D eigenvalue weighted by atomic mass is 10.2. The van der Waals surface area contributed by atoms with E-state index < -0.39 is 5.97 Å². The van der Waals surface area contributed by atoms with Crippen LogP contribution in [0.3, 0.4) is 0 Å². The second-order valence-electron chi connectivity index (χ2n) is 5.72. The number of fused-ring (bicyclic) bond motifs is 1. The number of anilines is 1. The maximum absolute atomic E-state index is 12.6. The number of nitrogens with one attached hydrogen (secondary N) is 1. The van der Waals surface area contributed by atoms with Crippen molar-refractivity contribution < 1.29 is 14.3 Å². The first kappa shape index (κ1) is 17.5. The zero-order valence-corrected chi connectivity index (χ0v) is 14.6. The molecule has 0 aliphatic rings. The summed E-state index contributed by atoms with van der Waals surface area (Å²) in [7, 11) is 1.30. The summed E-state index contributed by atoms with van der Waals surface area (Å²) < 4.78 is 7.74. The summed E-state index contributed by atoms with van der Waals surface area (Å²) in [6.07, 6.45) is 0. The Morgan fingerprint density at radius 2 is 1.73 bits per heavy atom. The number of esters is 1. The Morgan fingerprint density at radius 1 is 1.04 bits per heavy atom. The van der Waals surface area contributed by atoms with Gasteiger partial charge in [-0.1, -0.05) is 18.2 Å². The molecule has 3 aromatic rings. The molecular formula is C19H19N3O4. The number of hydrogen-bond donors (Lipinski definition) is 1. The van der Waals surface area contributed by atoms with Crippen molar-refractivity contribution >= 4 is 28.6 Å². The van der Waals surface area contributed by atoms with Crippen LogP contribution in [0.4, 0.5) is 5.69 Å². The van der Waals surface area contributed by atoms with Gasteiger partial charge in [0.15, 0.2) is 0 Å². The van der Waals surface area contributed by atoms with Crippen LogP contribution in [-0.4, -0.2) is 28.1 Å². The molecule has 7 nitrogen and oxygen atoms in total. The number of carbonyl (C=O) groups is 2. The number of rotatable bonds is 5. The fourth-order valence-corrected chi connectivity index (χ4v) is 2.92. The number of methoxy groups -OCH3 is 1. The molecule has 0 bridgehead atoms. The molecule has 0 radical (unpaired) electrons. The Balaban J connectivity index is 1.86. The van der Waals surface area contributed by atoms with Gasteiger partial charge in [0.05, 0.1) is 23.7 Å². The van der Waals surface area contributed by atoms with Crippen LogP contribution >= 0.6 is 0 Å². The minimum atomic E-state index is -0.483. The predicted molar refractivity (Wildman–Crippen MR) is 98.3 cm³/mol. The van der Waals surface area contributed by atoms with Crippen molar-refractivity contribution in [2.75, 3.05) is 12.4 Å². The van der Waals surface area contributed by atoms with E-state index in [4.69, 9.17) is 0 Å². The van der Waals surface area contributed by atoms with Crippen LogP contribution in [0.15, 0.2) is 53.3 Å². The highest BCUT2D eigenvalue weighted by molar-refractivity contribution is 5.95. The molecule has 7 heteroatoms. The smallest absolute Gasteiger partial charge is 0.337 e. The Morgan fingerprint density at radius 3 is 2.38 bits per heavy atom. The van der Waals surface area contributed by atoms with Crippen molar-refractivity contribution in [2.45, 2.75) is 20.0 Å². The maximum Gasteiger partial charge on any atom is 0.337 e. The van der Waals surface area contributed by atoms with Gasteiger partial charge in [-0.2, -0.15) is 0 Å². The summed E-state index contributed by atoms with van der Waals surface area (Å²) in [6, 6.07) is 13.8. The molecule has 134 valence electrons. The van der Waals surface area contributed by atoms with E-state index in [1.165, 1.54) is 17.7 Å². The molecule has 0 fully saturated rings. The summed E-state index contributed by atoms with van der Waals surface area (Å²) in [6.45, 7) is 2.29. The lowest BCUT2D eigenvalue weighted by Gasteiger charge is -2.07. The monoisotopic (exact) mass is 353 g/mol. The highest BCUT2D eigenvalue weighted by Gasteiger charge is 2.15. The lowest BCUT2D eigenvalue weighted by Crippen LogP contribution is -2.29. The van der Waals surface area contributed by atoms with Crippen molar-refractivity contribution in [1.29, 1.82) is 0 Å². The van der Waals surface area contributed by atoms with Crippen LogP contribution in [0, 0.1) is 0 Å². The highest BCUT2D eigenvalue weighted by Crippen LogP contribution is 2.14. The fourth-order valence-electron chi connectivity index (χ4n) is 2.92. The molecular weight excluding hydrogens is 334 g/mol. The van der Waals surface area contributed by atoms with Crippen LogP contribution in [0.25, 0.3) is 11.0 Å². The summed E-state index contributed by atoms with van der Waals surface area (Å²) in [5.41, 5.74) is 2.07. The molecule has 1 amide bonds. The quantitative estimate of drug-likeness (QED) is 0.713. The number of ether oxygens (including phenoxy) is 1. The van der Waals surface area contributed by atoms with Crippen LogP contribution in [-0.2, 0) is 22.6 Å². The van der Waals surface area contributed by atoms with Crippen LogP contribution < -0.4 is 11.0 Å². The van der Waals surface area contributed by atoms with Gasteiger partial charge in [-0.15, -0.1) is 0 Å². The molecule has 0 spiro atoms. The molecule has 1 heterocycles. The maximum atomic E-state index is 12.6. The third kappa shape index (κ3) is 3.23. The number of hydrogen-bond acceptors (Lipinski definition) is 4. The van der Waals surface area contributed by atoms with E-state index in [0.717, 1.165) is 5.52 Å². The Labute approximate surface area is 149 Å². The Bertz CT molecular complexity index is 1030. The van der Waals surface area contributed by atoms with Crippen molar-refractivity contribution in [1.82, 2.24) is 9.13 Å². The number of para-hydroxylation sites is 2. The second-order valence-corrected chi connectivity index (χ2v) is 5.72. The van der Waals surface area contributed by atoms with E-state index >= 15 is 0 Å². The summed E-state index contributed by atoms with van der Waals surface area (Å²) in [5, 5.41) is 2.71. The minimum Gasteiger partial charge on any atom is -0.465 e. The third-order valence-electron chi connectivity index (χ3n) is 4.11. The van der Waals surface area contributed by atoms with Crippen molar-refractivity contribution in [3.05, 3.63) is 64.6 Å². The third-order valence-corrected chi connectivity index (χ3v) is 4.11. The number of carbonyl (C=O) groups excluding carboxylic acids is 2. The Kier molecular flexibility index (Phi) is 4.88. The van der Waals surface area contributed by atoms with Gasteiger partial charge in [0.1, 0.15) is 6.54 Å². The largest absolute Gasteiger partial charge is 0.465 e. The van der Waals surface area contributed by atoms with E-state index in [2.05, 4.69) is 10.1 Å². The normalized spacial score (nSPS) is 10.7. The highest BCUT2D eigenvalue weighted by atomic mass is 16.5. The molecule has 0 unspecified atom stereocenters. The molecule has 0 aliphatic carbocycles. The van der Waals surface area contributed by atoms with Gasteiger partial charge in [-0.25, -0.2) is 9.59 Å². The van der Waals surface area contributed by atoms with Crippen LogP contribution in [0.1, 0.15) is 17.3 Å². The molecule has 0 atom stereocenters.